The van der Waals surface area contributed by atoms with E-state index in [9.17, 15) is 0 Å². The summed E-state index contributed by atoms with van der Waals surface area (Å²) < 4.78 is 5.76. The van der Waals surface area contributed by atoms with Crippen molar-refractivity contribution in [3.63, 3.8) is 0 Å². The molecule has 0 bridgehead atoms. The fraction of sp³-hybridized carbons (Fsp3) is 0.625. The van der Waals surface area contributed by atoms with Crippen LogP contribution >= 0.6 is 23.2 Å². The molecule has 0 aromatic heterocycles. The SMILES string of the molecule is CN(CCOc1ccc(Cl)cc1Cl)C1CCCCC1CN. The monoisotopic (exact) mass is 330 g/mol. The summed E-state index contributed by atoms with van der Waals surface area (Å²) in [6.07, 6.45) is 5.09. The topological polar surface area (TPSA) is 38.5 Å². The van der Waals surface area contributed by atoms with E-state index in [1.54, 1.807) is 12.1 Å². The average Bonchev–Trinajstić information content (AvgIpc) is 2.49. The summed E-state index contributed by atoms with van der Waals surface area (Å²) >= 11 is 12.0. The van der Waals surface area contributed by atoms with Crippen LogP contribution in [0.25, 0.3) is 0 Å². The minimum Gasteiger partial charge on any atom is -0.491 e. The van der Waals surface area contributed by atoms with Crippen LogP contribution in [0.4, 0.5) is 0 Å². The van der Waals surface area contributed by atoms with E-state index in [-0.39, 0.29) is 0 Å². The smallest absolute Gasteiger partial charge is 0.138 e. The van der Waals surface area contributed by atoms with Crippen LogP contribution in [0.3, 0.4) is 0 Å². The Kier molecular flexibility index (Phi) is 6.62. The van der Waals surface area contributed by atoms with Gasteiger partial charge in [0.1, 0.15) is 12.4 Å². The van der Waals surface area contributed by atoms with E-state index < -0.39 is 0 Å². The maximum atomic E-state index is 6.10. The summed E-state index contributed by atoms with van der Waals surface area (Å²) in [7, 11) is 2.16. The number of halogens is 2. The number of ether oxygens (including phenoxy) is 1. The molecular formula is C16H24Cl2N2O. The van der Waals surface area contributed by atoms with E-state index in [0.29, 0.717) is 34.4 Å². The quantitative estimate of drug-likeness (QED) is 0.861. The second-order valence-electron chi connectivity index (χ2n) is 5.75. The van der Waals surface area contributed by atoms with E-state index in [0.717, 1.165) is 13.1 Å². The van der Waals surface area contributed by atoms with Gasteiger partial charge in [-0.3, -0.25) is 4.90 Å². The zero-order chi connectivity index (χ0) is 15.2. The van der Waals surface area contributed by atoms with Crippen LogP contribution in [-0.4, -0.2) is 37.7 Å². The molecule has 1 aromatic carbocycles. The second-order valence-corrected chi connectivity index (χ2v) is 6.60. The van der Waals surface area contributed by atoms with E-state index in [2.05, 4.69) is 11.9 Å². The molecule has 1 aliphatic carbocycles. The molecule has 0 heterocycles. The molecule has 2 N–H and O–H groups in total. The molecule has 1 fully saturated rings. The van der Waals surface area contributed by atoms with Crippen LogP contribution in [0.15, 0.2) is 18.2 Å². The molecule has 0 saturated heterocycles. The summed E-state index contributed by atoms with van der Waals surface area (Å²) in [5.41, 5.74) is 5.90. The van der Waals surface area contributed by atoms with Crippen molar-refractivity contribution in [2.75, 3.05) is 26.7 Å². The van der Waals surface area contributed by atoms with Crippen LogP contribution < -0.4 is 10.5 Å². The van der Waals surface area contributed by atoms with Crippen molar-refractivity contribution in [1.82, 2.24) is 4.90 Å². The highest BCUT2D eigenvalue weighted by Crippen LogP contribution is 2.28. The summed E-state index contributed by atoms with van der Waals surface area (Å²) in [6, 6.07) is 5.88. The van der Waals surface area contributed by atoms with Gasteiger partial charge in [0.25, 0.3) is 0 Å². The van der Waals surface area contributed by atoms with E-state index >= 15 is 0 Å². The standard InChI is InChI=1S/C16H24Cl2N2O/c1-20(15-5-3-2-4-12(15)11-19)8-9-21-16-7-6-13(17)10-14(16)18/h6-7,10,12,15H,2-5,8-9,11,19H2,1H3. The number of benzene rings is 1. The van der Waals surface area contributed by atoms with Crippen molar-refractivity contribution >= 4 is 23.2 Å². The van der Waals surface area contributed by atoms with E-state index in [1.807, 2.05) is 6.07 Å². The van der Waals surface area contributed by atoms with Crippen molar-refractivity contribution in [1.29, 1.82) is 0 Å². The zero-order valence-corrected chi connectivity index (χ0v) is 14.0. The summed E-state index contributed by atoms with van der Waals surface area (Å²) in [5.74, 6) is 1.30. The Morgan fingerprint density at radius 3 is 2.76 bits per heavy atom. The number of nitrogens with zero attached hydrogens (tertiary/aromatic N) is 1. The lowest BCUT2D eigenvalue weighted by Gasteiger charge is -2.37. The first-order valence-electron chi connectivity index (χ1n) is 7.60. The van der Waals surface area contributed by atoms with Gasteiger partial charge in [0, 0.05) is 17.6 Å². The molecule has 2 rings (SSSR count). The molecule has 118 valence electrons. The first-order valence-corrected chi connectivity index (χ1v) is 8.35. The molecule has 0 amide bonds. The van der Waals surface area contributed by atoms with Gasteiger partial charge in [-0.2, -0.15) is 0 Å². The third-order valence-electron chi connectivity index (χ3n) is 4.33. The molecule has 1 aliphatic rings. The molecule has 3 nitrogen and oxygen atoms in total. The van der Waals surface area contributed by atoms with Crippen molar-refractivity contribution in [2.45, 2.75) is 31.7 Å². The van der Waals surface area contributed by atoms with Crippen LogP contribution in [0.5, 0.6) is 5.75 Å². The van der Waals surface area contributed by atoms with Gasteiger partial charge < -0.3 is 10.5 Å². The van der Waals surface area contributed by atoms with Crippen molar-refractivity contribution in [3.05, 3.63) is 28.2 Å². The normalized spacial score (nSPS) is 22.5. The highest BCUT2D eigenvalue weighted by Gasteiger charge is 2.26. The molecule has 1 aromatic rings. The molecule has 21 heavy (non-hydrogen) atoms. The van der Waals surface area contributed by atoms with Crippen molar-refractivity contribution in [2.24, 2.45) is 11.7 Å². The molecular weight excluding hydrogens is 307 g/mol. The second kappa shape index (κ2) is 8.23. The largest absolute Gasteiger partial charge is 0.491 e. The van der Waals surface area contributed by atoms with Gasteiger partial charge in [0.15, 0.2) is 0 Å². The Labute approximate surface area is 137 Å². The third kappa shape index (κ3) is 4.75. The lowest BCUT2D eigenvalue weighted by molar-refractivity contribution is 0.116. The van der Waals surface area contributed by atoms with Gasteiger partial charge in [-0.05, 0) is 50.6 Å². The minimum absolute atomic E-state index is 0.558. The van der Waals surface area contributed by atoms with Crippen molar-refractivity contribution in [3.8, 4) is 5.75 Å². The maximum absolute atomic E-state index is 6.10. The third-order valence-corrected chi connectivity index (χ3v) is 4.86. The number of hydrogen-bond acceptors (Lipinski definition) is 3. The molecule has 2 unspecified atom stereocenters. The maximum Gasteiger partial charge on any atom is 0.138 e. The molecule has 0 aliphatic heterocycles. The van der Waals surface area contributed by atoms with Crippen LogP contribution in [-0.2, 0) is 0 Å². The van der Waals surface area contributed by atoms with Gasteiger partial charge in [0.2, 0.25) is 0 Å². The first-order chi connectivity index (χ1) is 10.1. The van der Waals surface area contributed by atoms with Gasteiger partial charge in [-0.15, -0.1) is 0 Å². The van der Waals surface area contributed by atoms with Gasteiger partial charge in [0.05, 0.1) is 5.02 Å². The Morgan fingerprint density at radius 2 is 2.05 bits per heavy atom. The lowest BCUT2D eigenvalue weighted by Crippen LogP contribution is -2.44. The van der Waals surface area contributed by atoms with E-state index in [1.165, 1.54) is 25.7 Å². The fourth-order valence-corrected chi connectivity index (χ4v) is 3.56. The Morgan fingerprint density at radius 1 is 1.29 bits per heavy atom. The number of nitrogens with two attached hydrogens (primary N) is 1. The molecule has 5 heteroatoms. The molecule has 2 atom stereocenters. The summed E-state index contributed by atoms with van der Waals surface area (Å²) in [5, 5.41) is 1.18. The molecule has 0 radical (unpaired) electrons. The van der Waals surface area contributed by atoms with Crippen LogP contribution in [0, 0.1) is 5.92 Å². The van der Waals surface area contributed by atoms with Crippen LogP contribution in [0.2, 0.25) is 10.0 Å². The Balaban J connectivity index is 1.82. The fourth-order valence-electron chi connectivity index (χ4n) is 3.10. The van der Waals surface area contributed by atoms with Crippen LogP contribution in [0.1, 0.15) is 25.7 Å². The molecule has 0 spiro atoms. The van der Waals surface area contributed by atoms with Crippen molar-refractivity contribution < 1.29 is 4.74 Å². The van der Waals surface area contributed by atoms with E-state index in [4.69, 9.17) is 33.7 Å². The highest BCUT2D eigenvalue weighted by molar-refractivity contribution is 6.35. The highest BCUT2D eigenvalue weighted by atomic mass is 35.5. The predicted molar refractivity (Wildman–Crippen MR) is 89.4 cm³/mol. The Bertz CT molecular complexity index is 456. The number of rotatable bonds is 6. The number of hydrogen-bond donors (Lipinski definition) is 1. The minimum atomic E-state index is 0.558. The van der Waals surface area contributed by atoms with Gasteiger partial charge >= 0.3 is 0 Å². The Hall–Kier alpha value is -0.480. The average molecular weight is 331 g/mol. The zero-order valence-electron chi connectivity index (χ0n) is 12.5. The first kappa shape index (κ1) is 16.9. The lowest BCUT2D eigenvalue weighted by atomic mass is 9.84. The molecule has 1 saturated carbocycles. The van der Waals surface area contributed by atoms with Gasteiger partial charge in [-0.1, -0.05) is 36.0 Å². The summed E-state index contributed by atoms with van der Waals surface area (Å²) in [4.78, 5) is 2.38. The predicted octanol–water partition coefficient (Wildman–Crippen LogP) is 3.82. The number of likely N-dealkylation sites (N-methyl/N-ethyl adjacent to an activating group) is 1. The summed E-state index contributed by atoms with van der Waals surface area (Å²) in [6.45, 7) is 2.27. The van der Waals surface area contributed by atoms with Gasteiger partial charge in [-0.25, -0.2) is 0 Å².